The number of rotatable bonds is 4. The van der Waals surface area contributed by atoms with Crippen LogP contribution in [0.3, 0.4) is 0 Å². The van der Waals surface area contributed by atoms with Crippen LogP contribution in [0.5, 0.6) is 11.5 Å². The minimum Gasteiger partial charge on any atom is -0.454 e. The first-order valence-corrected chi connectivity index (χ1v) is 12.5. The van der Waals surface area contributed by atoms with Crippen molar-refractivity contribution in [3.05, 3.63) is 89.3 Å². The number of carbonyl (C=O) groups is 2. The van der Waals surface area contributed by atoms with Gasteiger partial charge in [0.05, 0.1) is 10.6 Å². The molecule has 174 valence electrons. The number of thioether (sulfide) groups is 2. The molecule has 7 nitrogen and oxygen atoms in total. The van der Waals surface area contributed by atoms with Crippen LogP contribution >= 0.6 is 23.5 Å². The van der Waals surface area contributed by atoms with Gasteiger partial charge in [0, 0.05) is 12.6 Å². The molecule has 35 heavy (non-hydrogen) atoms. The van der Waals surface area contributed by atoms with Gasteiger partial charge in [0.15, 0.2) is 22.3 Å². The van der Waals surface area contributed by atoms with Gasteiger partial charge in [-0.25, -0.2) is 5.01 Å². The topological polar surface area (TPSA) is 71.4 Å². The molecule has 0 bridgehead atoms. The third kappa shape index (κ3) is 3.67. The highest BCUT2D eigenvalue weighted by Crippen LogP contribution is 2.59. The molecule has 3 aliphatic heterocycles. The number of anilines is 2. The molecule has 1 amide bonds. The number of ketones is 1. The summed E-state index contributed by atoms with van der Waals surface area (Å²) in [6.45, 7) is 1.67. The Kier molecular flexibility index (Phi) is 5.31. The van der Waals surface area contributed by atoms with E-state index in [-0.39, 0.29) is 18.5 Å². The summed E-state index contributed by atoms with van der Waals surface area (Å²) < 4.78 is 9.88. The lowest BCUT2D eigenvalue weighted by Crippen LogP contribution is -2.51. The van der Waals surface area contributed by atoms with Crippen molar-refractivity contribution in [1.29, 1.82) is 0 Å². The Morgan fingerprint density at radius 1 is 0.943 bits per heavy atom. The molecule has 0 aromatic heterocycles. The largest absolute Gasteiger partial charge is 0.454 e. The molecular weight excluding hydrogens is 482 g/mol. The van der Waals surface area contributed by atoms with Gasteiger partial charge in [0.1, 0.15) is 0 Å². The quantitative estimate of drug-likeness (QED) is 0.449. The molecule has 3 aromatic rings. The minimum absolute atomic E-state index is 0.151. The van der Waals surface area contributed by atoms with E-state index >= 15 is 0 Å². The number of hydrogen-bond donors (Lipinski definition) is 0. The molecule has 9 heteroatoms. The summed E-state index contributed by atoms with van der Waals surface area (Å²) in [7, 11) is 0. The summed E-state index contributed by atoms with van der Waals surface area (Å²) in [5, 5.41) is 6.79. The third-order valence-electron chi connectivity index (χ3n) is 5.64. The maximum absolute atomic E-state index is 14.0. The number of carbonyl (C=O) groups excluding carboxylic acids is 2. The monoisotopic (exact) mass is 501 g/mol. The van der Waals surface area contributed by atoms with Gasteiger partial charge in [0.2, 0.25) is 11.1 Å². The highest BCUT2D eigenvalue weighted by molar-refractivity contribution is 8.29. The Balaban J connectivity index is 1.49. The fourth-order valence-corrected chi connectivity index (χ4v) is 6.93. The average molecular weight is 502 g/mol. The van der Waals surface area contributed by atoms with Gasteiger partial charge in [-0.1, -0.05) is 54.2 Å². The van der Waals surface area contributed by atoms with Crippen LogP contribution < -0.4 is 19.4 Å². The zero-order chi connectivity index (χ0) is 24.0. The van der Waals surface area contributed by atoms with Gasteiger partial charge in [-0.3, -0.25) is 14.5 Å². The number of fused-ring (bicyclic) bond motifs is 1. The van der Waals surface area contributed by atoms with E-state index in [4.69, 9.17) is 9.47 Å². The zero-order valence-electron chi connectivity index (χ0n) is 18.6. The van der Waals surface area contributed by atoms with Gasteiger partial charge in [-0.15, -0.1) is 0 Å². The maximum atomic E-state index is 14.0. The SMILES string of the molecule is CC(=O)C1=NN(c2ccccc2)C2(S1)S/C(=C\c1ccc3c(c1)OCO3)C(=O)N2c1ccccc1. The zero-order valence-corrected chi connectivity index (χ0v) is 20.2. The standard InChI is InChI=1S/C26H19N3O4S2/c1-17(30)24-27-29(20-10-6-3-7-11-20)26(35-24)28(19-8-4-2-5-9-19)25(31)23(34-26)15-18-12-13-21-22(14-18)33-16-32-21/h2-15H,16H2,1H3/b23-15-. The van der Waals surface area contributed by atoms with E-state index < -0.39 is 4.33 Å². The van der Waals surface area contributed by atoms with Crippen LogP contribution in [0, 0.1) is 0 Å². The van der Waals surface area contributed by atoms with Gasteiger partial charge in [-0.2, -0.15) is 5.10 Å². The Morgan fingerprint density at radius 2 is 1.63 bits per heavy atom. The van der Waals surface area contributed by atoms with E-state index in [0.29, 0.717) is 27.1 Å². The van der Waals surface area contributed by atoms with Crippen molar-refractivity contribution in [2.75, 3.05) is 16.7 Å². The molecule has 3 aliphatic rings. The van der Waals surface area contributed by atoms with Gasteiger partial charge in [0.25, 0.3) is 5.91 Å². The predicted molar refractivity (Wildman–Crippen MR) is 139 cm³/mol. The molecule has 0 N–H and O–H groups in total. The lowest BCUT2D eigenvalue weighted by molar-refractivity contribution is -0.114. The van der Waals surface area contributed by atoms with Crippen LogP contribution in [-0.2, 0) is 9.59 Å². The lowest BCUT2D eigenvalue weighted by Gasteiger charge is -2.38. The first kappa shape index (κ1) is 21.8. The summed E-state index contributed by atoms with van der Waals surface area (Å²) >= 11 is 2.65. The predicted octanol–water partition coefficient (Wildman–Crippen LogP) is 5.30. The molecule has 3 heterocycles. The molecule has 6 rings (SSSR count). The van der Waals surface area contributed by atoms with Crippen molar-refractivity contribution in [2.45, 2.75) is 11.3 Å². The molecule has 1 unspecified atom stereocenters. The lowest BCUT2D eigenvalue weighted by atomic mass is 10.2. The van der Waals surface area contributed by atoms with Crippen molar-refractivity contribution < 1.29 is 19.1 Å². The number of nitrogens with zero attached hydrogens (tertiary/aromatic N) is 3. The molecule has 1 saturated heterocycles. The maximum Gasteiger partial charge on any atom is 0.268 e. The van der Waals surface area contributed by atoms with Crippen LogP contribution in [0.15, 0.2) is 88.9 Å². The number of ether oxygens (including phenoxy) is 2. The summed E-state index contributed by atoms with van der Waals surface area (Å²) in [6, 6.07) is 24.6. The Morgan fingerprint density at radius 3 is 2.34 bits per heavy atom. The average Bonchev–Trinajstić information content (AvgIpc) is 3.56. The van der Waals surface area contributed by atoms with E-state index in [1.165, 1.54) is 30.4 Å². The van der Waals surface area contributed by atoms with Crippen LogP contribution in [0.2, 0.25) is 0 Å². The molecule has 0 radical (unpaired) electrons. The normalized spacial score (nSPS) is 21.8. The molecule has 0 aliphatic carbocycles. The molecule has 0 saturated carbocycles. The Labute approximate surface area is 210 Å². The first-order valence-electron chi connectivity index (χ1n) is 10.9. The van der Waals surface area contributed by atoms with E-state index in [9.17, 15) is 9.59 Å². The van der Waals surface area contributed by atoms with Crippen molar-refractivity contribution >= 4 is 57.7 Å². The summed E-state index contributed by atoms with van der Waals surface area (Å²) in [4.78, 5) is 28.6. The fraction of sp³-hybridized carbons (Fsp3) is 0.115. The number of para-hydroxylation sites is 2. The fourth-order valence-electron chi connectivity index (χ4n) is 4.05. The number of amides is 1. The second-order valence-electron chi connectivity index (χ2n) is 7.96. The van der Waals surface area contributed by atoms with Crippen molar-refractivity contribution in [3.8, 4) is 11.5 Å². The number of Topliss-reactive ketones (excluding diaryl/α,β-unsaturated/α-hetero) is 1. The third-order valence-corrected chi connectivity index (χ3v) is 8.46. The number of hydrazone groups is 1. The first-order chi connectivity index (χ1) is 17.0. The van der Waals surface area contributed by atoms with Gasteiger partial charge >= 0.3 is 0 Å². The van der Waals surface area contributed by atoms with E-state index in [0.717, 1.165) is 11.3 Å². The number of hydrogen-bond acceptors (Lipinski definition) is 8. The Hall–Kier alpha value is -3.69. The molecule has 1 fully saturated rings. The van der Waals surface area contributed by atoms with E-state index in [1.54, 1.807) is 9.91 Å². The molecule has 1 atom stereocenters. The van der Waals surface area contributed by atoms with Gasteiger partial charge < -0.3 is 9.47 Å². The van der Waals surface area contributed by atoms with E-state index in [1.807, 2.05) is 84.9 Å². The van der Waals surface area contributed by atoms with Crippen molar-refractivity contribution in [2.24, 2.45) is 5.10 Å². The Bertz CT molecular complexity index is 1390. The van der Waals surface area contributed by atoms with Crippen LogP contribution in [0.25, 0.3) is 6.08 Å². The highest BCUT2D eigenvalue weighted by atomic mass is 32.2. The smallest absolute Gasteiger partial charge is 0.268 e. The summed E-state index contributed by atoms with van der Waals surface area (Å²) in [5.74, 6) is 1.00. The van der Waals surface area contributed by atoms with Gasteiger partial charge in [-0.05, 0) is 59.8 Å². The highest BCUT2D eigenvalue weighted by Gasteiger charge is 2.59. The summed E-state index contributed by atoms with van der Waals surface area (Å²) in [5.41, 5.74) is 2.31. The molecule has 1 spiro atoms. The van der Waals surface area contributed by atoms with Crippen LogP contribution in [0.1, 0.15) is 12.5 Å². The number of benzene rings is 3. The summed E-state index contributed by atoms with van der Waals surface area (Å²) in [6.07, 6.45) is 1.84. The van der Waals surface area contributed by atoms with Crippen molar-refractivity contribution in [1.82, 2.24) is 0 Å². The second kappa shape index (κ2) is 8.51. The molecule has 3 aromatic carbocycles. The van der Waals surface area contributed by atoms with Crippen LogP contribution in [-0.4, -0.2) is 27.9 Å². The van der Waals surface area contributed by atoms with Crippen LogP contribution in [0.4, 0.5) is 11.4 Å². The van der Waals surface area contributed by atoms with Crippen molar-refractivity contribution in [3.63, 3.8) is 0 Å². The molecular formula is C26H19N3O4S2. The van der Waals surface area contributed by atoms with E-state index in [2.05, 4.69) is 5.10 Å². The minimum atomic E-state index is -1.04. The second-order valence-corrected chi connectivity index (χ2v) is 10.6.